The van der Waals surface area contributed by atoms with E-state index in [-0.39, 0.29) is 22.8 Å². The van der Waals surface area contributed by atoms with Crippen LogP contribution in [0.25, 0.3) is 10.9 Å². The van der Waals surface area contributed by atoms with Gasteiger partial charge in [-0.25, -0.2) is 13.1 Å². The molecule has 0 radical (unpaired) electrons. The minimum atomic E-state index is -3.26. The molecule has 182 valence electrons. The fourth-order valence-corrected chi connectivity index (χ4v) is 7.36. The second kappa shape index (κ2) is 8.43. The lowest BCUT2D eigenvalue weighted by Gasteiger charge is -2.43. The van der Waals surface area contributed by atoms with Crippen LogP contribution in [0.2, 0.25) is 10.0 Å². The minimum Gasteiger partial charge on any atom is -0.348 e. The summed E-state index contributed by atoms with van der Waals surface area (Å²) in [6, 6.07) is 3.68. The standard InChI is InChI=1S/C24H33Cl2N3O3S/c1-14-18(21(30)28-22-23(2,3)15-9-10-24(22,4)13-15)16-7-8-17(25)19(26)20(16)29(14)12-6-11-27-33(5,31)32/h7-8,15,22,27H,6,9-13H2,1-5H3,(H,28,30). The summed E-state index contributed by atoms with van der Waals surface area (Å²) in [6.45, 7) is 9.56. The predicted molar refractivity (Wildman–Crippen MR) is 135 cm³/mol. The van der Waals surface area contributed by atoms with Crippen molar-refractivity contribution < 1.29 is 13.2 Å². The Morgan fingerprint density at radius 1 is 1.24 bits per heavy atom. The Labute approximate surface area is 206 Å². The number of benzene rings is 1. The van der Waals surface area contributed by atoms with Crippen LogP contribution in [-0.2, 0) is 16.6 Å². The van der Waals surface area contributed by atoms with Crippen molar-refractivity contribution in [1.29, 1.82) is 0 Å². The van der Waals surface area contributed by atoms with Gasteiger partial charge in [0, 0.05) is 30.2 Å². The maximum atomic E-state index is 13.7. The number of amides is 1. The highest BCUT2D eigenvalue weighted by molar-refractivity contribution is 7.88. The van der Waals surface area contributed by atoms with E-state index in [0.717, 1.165) is 30.2 Å². The molecule has 9 heteroatoms. The van der Waals surface area contributed by atoms with Crippen LogP contribution >= 0.6 is 23.2 Å². The molecule has 2 bridgehead atoms. The van der Waals surface area contributed by atoms with Crippen molar-refractivity contribution in [2.75, 3.05) is 12.8 Å². The molecule has 33 heavy (non-hydrogen) atoms. The molecule has 2 aliphatic carbocycles. The van der Waals surface area contributed by atoms with Crippen LogP contribution in [-0.4, -0.2) is 37.7 Å². The van der Waals surface area contributed by atoms with Gasteiger partial charge in [0.15, 0.2) is 0 Å². The van der Waals surface area contributed by atoms with E-state index in [1.54, 1.807) is 6.07 Å². The Kier molecular flexibility index (Phi) is 6.35. The van der Waals surface area contributed by atoms with Gasteiger partial charge in [-0.3, -0.25) is 4.79 Å². The van der Waals surface area contributed by atoms with Crippen molar-refractivity contribution in [1.82, 2.24) is 14.6 Å². The Morgan fingerprint density at radius 3 is 2.55 bits per heavy atom. The molecule has 1 heterocycles. The Morgan fingerprint density at radius 2 is 1.94 bits per heavy atom. The SMILES string of the molecule is Cc1c(C(=O)NC2C3(C)CCC(C3)C2(C)C)c2ccc(Cl)c(Cl)c2n1CCCNS(C)(=O)=O. The first-order chi connectivity index (χ1) is 15.3. The number of hydrogen-bond acceptors (Lipinski definition) is 3. The largest absolute Gasteiger partial charge is 0.348 e. The first kappa shape index (κ1) is 24.8. The molecule has 1 aromatic carbocycles. The van der Waals surface area contributed by atoms with Gasteiger partial charge in [-0.1, -0.05) is 50.0 Å². The number of aryl methyl sites for hydroxylation is 1. The van der Waals surface area contributed by atoms with Crippen LogP contribution in [0.5, 0.6) is 0 Å². The molecule has 2 N–H and O–H groups in total. The highest BCUT2D eigenvalue weighted by Crippen LogP contribution is 2.62. The summed E-state index contributed by atoms with van der Waals surface area (Å²) in [5, 5.41) is 4.99. The number of hydrogen-bond donors (Lipinski definition) is 2. The third-order valence-electron chi connectivity index (χ3n) is 8.07. The average molecular weight is 515 g/mol. The third-order valence-corrected chi connectivity index (χ3v) is 9.59. The molecule has 0 aliphatic heterocycles. The molecule has 6 nitrogen and oxygen atoms in total. The maximum absolute atomic E-state index is 13.7. The van der Waals surface area contributed by atoms with Crippen LogP contribution in [0.15, 0.2) is 12.1 Å². The topological polar surface area (TPSA) is 80.2 Å². The summed E-state index contributed by atoms with van der Waals surface area (Å²) in [5.41, 5.74) is 2.30. The number of carbonyl (C=O) groups is 1. The lowest BCUT2D eigenvalue weighted by Crippen LogP contribution is -2.52. The number of nitrogens with one attached hydrogen (secondary N) is 2. The molecule has 2 aliphatic rings. The molecule has 2 saturated carbocycles. The Balaban J connectivity index is 1.68. The second-order valence-electron chi connectivity index (χ2n) is 10.7. The summed E-state index contributed by atoms with van der Waals surface area (Å²) < 4.78 is 27.3. The highest BCUT2D eigenvalue weighted by atomic mass is 35.5. The van der Waals surface area contributed by atoms with Gasteiger partial charge < -0.3 is 9.88 Å². The minimum absolute atomic E-state index is 0.0488. The fraction of sp³-hybridized carbons (Fsp3) is 0.625. The number of sulfonamides is 1. The van der Waals surface area contributed by atoms with Crippen LogP contribution in [0.3, 0.4) is 0 Å². The molecule has 3 unspecified atom stereocenters. The molecule has 2 aromatic rings. The van der Waals surface area contributed by atoms with Crippen LogP contribution < -0.4 is 10.0 Å². The molecule has 0 saturated heterocycles. The quantitative estimate of drug-likeness (QED) is 0.502. The maximum Gasteiger partial charge on any atom is 0.253 e. The molecule has 1 amide bonds. The van der Waals surface area contributed by atoms with Gasteiger partial charge in [-0.15, -0.1) is 0 Å². The third kappa shape index (κ3) is 4.30. The van der Waals surface area contributed by atoms with Crippen LogP contribution in [0, 0.1) is 23.7 Å². The molecule has 0 spiro atoms. The average Bonchev–Trinajstić information content (AvgIpc) is 3.29. The molecule has 3 atom stereocenters. The molecule has 2 fully saturated rings. The summed E-state index contributed by atoms with van der Waals surface area (Å²) in [4.78, 5) is 13.7. The van der Waals surface area contributed by atoms with Crippen molar-refractivity contribution in [2.24, 2.45) is 16.7 Å². The highest BCUT2D eigenvalue weighted by Gasteiger charge is 2.59. The van der Waals surface area contributed by atoms with Gasteiger partial charge in [-0.2, -0.15) is 0 Å². The van der Waals surface area contributed by atoms with Gasteiger partial charge in [0.1, 0.15) is 0 Å². The van der Waals surface area contributed by atoms with Crippen molar-refractivity contribution in [3.8, 4) is 0 Å². The van der Waals surface area contributed by atoms with E-state index >= 15 is 0 Å². The van der Waals surface area contributed by atoms with E-state index in [1.165, 1.54) is 6.42 Å². The summed E-state index contributed by atoms with van der Waals surface area (Å²) in [5.74, 6) is 0.543. The number of fused-ring (bicyclic) bond motifs is 3. The summed E-state index contributed by atoms with van der Waals surface area (Å²) in [6.07, 6.45) is 5.21. The Hall–Kier alpha value is -1.28. The molecule has 4 rings (SSSR count). The Bertz CT molecular complexity index is 1220. The number of rotatable bonds is 7. The number of halogens is 2. The zero-order valence-corrected chi connectivity index (χ0v) is 22.2. The van der Waals surface area contributed by atoms with E-state index in [4.69, 9.17) is 23.2 Å². The van der Waals surface area contributed by atoms with Crippen LogP contribution in [0.4, 0.5) is 0 Å². The number of aromatic nitrogens is 1. The van der Waals surface area contributed by atoms with Crippen molar-refractivity contribution in [3.05, 3.63) is 33.4 Å². The summed E-state index contributed by atoms with van der Waals surface area (Å²) >= 11 is 12.9. The summed E-state index contributed by atoms with van der Waals surface area (Å²) in [7, 11) is -3.26. The van der Waals surface area contributed by atoms with E-state index < -0.39 is 10.0 Å². The normalized spacial score (nSPS) is 26.3. The first-order valence-electron chi connectivity index (χ1n) is 11.5. The van der Waals surface area contributed by atoms with Crippen LogP contribution in [0.1, 0.15) is 62.5 Å². The van der Waals surface area contributed by atoms with Gasteiger partial charge in [-0.05, 0) is 55.4 Å². The first-order valence-corrected chi connectivity index (χ1v) is 14.1. The lowest BCUT2D eigenvalue weighted by molar-refractivity contribution is 0.0738. The van der Waals surface area contributed by atoms with Gasteiger partial charge in [0.2, 0.25) is 10.0 Å². The van der Waals surface area contributed by atoms with E-state index in [2.05, 4.69) is 30.8 Å². The monoisotopic (exact) mass is 513 g/mol. The fourth-order valence-electron chi connectivity index (χ4n) is 6.43. The molecule has 1 aromatic heterocycles. The zero-order valence-electron chi connectivity index (χ0n) is 19.9. The molecular formula is C24H33Cl2N3O3S. The number of carbonyl (C=O) groups excluding carboxylic acids is 1. The van der Waals surface area contributed by atoms with Gasteiger partial charge in [0.25, 0.3) is 5.91 Å². The van der Waals surface area contributed by atoms with E-state index in [1.807, 2.05) is 17.6 Å². The lowest BCUT2D eigenvalue weighted by atomic mass is 9.68. The molecular weight excluding hydrogens is 481 g/mol. The van der Waals surface area contributed by atoms with E-state index in [9.17, 15) is 13.2 Å². The second-order valence-corrected chi connectivity index (χ2v) is 13.3. The van der Waals surface area contributed by atoms with Gasteiger partial charge >= 0.3 is 0 Å². The predicted octanol–water partition coefficient (Wildman–Crippen LogP) is 5.14. The number of nitrogens with zero attached hydrogens (tertiary/aromatic N) is 1. The van der Waals surface area contributed by atoms with Crippen molar-refractivity contribution in [3.63, 3.8) is 0 Å². The smallest absolute Gasteiger partial charge is 0.253 e. The van der Waals surface area contributed by atoms with Crippen molar-refractivity contribution >= 4 is 50.0 Å². The van der Waals surface area contributed by atoms with Crippen molar-refractivity contribution in [2.45, 2.75) is 66.0 Å². The van der Waals surface area contributed by atoms with Gasteiger partial charge in [0.05, 0.1) is 27.4 Å². The zero-order chi connectivity index (χ0) is 24.3. The van der Waals surface area contributed by atoms with E-state index in [0.29, 0.717) is 46.6 Å².